The largest absolute Gasteiger partial charge is 0.384 e. The van der Waals surface area contributed by atoms with Crippen molar-refractivity contribution in [3.8, 4) is 0 Å². The van der Waals surface area contributed by atoms with Crippen molar-refractivity contribution in [3.05, 3.63) is 81.9 Å². The summed E-state index contributed by atoms with van der Waals surface area (Å²) in [6.07, 6.45) is 5.22. The van der Waals surface area contributed by atoms with Gasteiger partial charge in [-0.3, -0.25) is 15.6 Å². The monoisotopic (exact) mass is 344 g/mol. The highest BCUT2D eigenvalue weighted by Gasteiger charge is 2.22. The van der Waals surface area contributed by atoms with Crippen molar-refractivity contribution >= 4 is 29.6 Å². The van der Waals surface area contributed by atoms with E-state index in [0.29, 0.717) is 24.0 Å². The van der Waals surface area contributed by atoms with Crippen LogP contribution in [0.15, 0.2) is 59.7 Å². The predicted octanol–water partition coefficient (Wildman–Crippen LogP) is 3.08. The van der Waals surface area contributed by atoms with Crippen LogP contribution in [0.1, 0.15) is 35.1 Å². The van der Waals surface area contributed by atoms with Gasteiger partial charge in [0.15, 0.2) is 5.78 Å². The van der Waals surface area contributed by atoms with Gasteiger partial charge in [-0.05, 0) is 36.1 Å². The number of rotatable bonds is 4. The fraction of sp³-hybridized carbons (Fsp3) is 0.0952. The smallest absolute Gasteiger partial charge is 0.185 e. The van der Waals surface area contributed by atoms with Gasteiger partial charge in [0.05, 0.1) is 0 Å². The minimum absolute atomic E-state index is 0.0298. The maximum atomic E-state index is 12.6. The van der Waals surface area contributed by atoms with E-state index in [9.17, 15) is 4.79 Å². The number of Topliss-reactive ketones (excluding diaryl/α,β-unsaturated/α-hetero) is 1. The maximum absolute atomic E-state index is 12.6. The van der Waals surface area contributed by atoms with Gasteiger partial charge in [0, 0.05) is 22.3 Å². The van der Waals surface area contributed by atoms with Crippen LogP contribution in [-0.4, -0.2) is 17.5 Å². The molecule has 0 radical (unpaired) electrons. The molecule has 0 unspecified atom stereocenters. The Morgan fingerprint density at radius 2 is 1.08 bits per heavy atom. The Morgan fingerprint density at radius 1 is 0.731 bits per heavy atom. The van der Waals surface area contributed by atoms with Crippen molar-refractivity contribution in [2.45, 2.75) is 12.8 Å². The van der Waals surface area contributed by atoms with Gasteiger partial charge in [0.1, 0.15) is 11.7 Å². The molecule has 2 aromatic rings. The molecule has 3 rings (SSSR count). The van der Waals surface area contributed by atoms with Gasteiger partial charge in [-0.25, -0.2) is 0 Å². The van der Waals surface area contributed by atoms with Crippen LogP contribution in [0.25, 0.3) is 12.2 Å². The lowest BCUT2D eigenvalue weighted by molar-refractivity contribution is -0.111. The fourth-order valence-electron chi connectivity index (χ4n) is 2.90. The van der Waals surface area contributed by atoms with Crippen molar-refractivity contribution in [1.29, 1.82) is 10.8 Å². The molecule has 1 aliphatic carbocycles. The molecule has 0 saturated heterocycles. The number of hydrogen-bond donors (Lipinski definition) is 4. The molecule has 1 fully saturated rings. The summed E-state index contributed by atoms with van der Waals surface area (Å²) in [7, 11) is 0. The Labute approximate surface area is 152 Å². The molecular weight excluding hydrogens is 324 g/mol. The van der Waals surface area contributed by atoms with Gasteiger partial charge in [-0.1, -0.05) is 48.5 Å². The number of benzene rings is 2. The average molecular weight is 344 g/mol. The van der Waals surface area contributed by atoms with E-state index in [1.165, 1.54) is 0 Å². The third-order valence-electron chi connectivity index (χ3n) is 4.37. The molecule has 1 saturated carbocycles. The molecule has 0 aromatic heterocycles. The number of nitrogens with one attached hydrogen (secondary N) is 2. The second-order valence-electron chi connectivity index (χ2n) is 6.24. The van der Waals surface area contributed by atoms with Gasteiger partial charge in [-0.2, -0.15) is 0 Å². The van der Waals surface area contributed by atoms with Crippen LogP contribution in [0.5, 0.6) is 0 Å². The minimum Gasteiger partial charge on any atom is -0.384 e. The SMILES string of the molecule is N=C(N)c1ccc(/C=C2/CC/C(=C\c3ccc(C(=N)N)cc3)C2=O)cc1. The lowest BCUT2D eigenvalue weighted by Gasteiger charge is -2.01. The van der Waals surface area contributed by atoms with Crippen LogP contribution in [0.4, 0.5) is 0 Å². The van der Waals surface area contributed by atoms with Crippen LogP contribution < -0.4 is 11.5 Å². The number of allylic oxidation sites excluding steroid dienone is 2. The van der Waals surface area contributed by atoms with Crippen molar-refractivity contribution < 1.29 is 4.79 Å². The molecule has 0 atom stereocenters. The molecule has 0 heterocycles. The number of carbonyl (C=O) groups is 1. The molecule has 5 heteroatoms. The first-order valence-corrected chi connectivity index (χ1v) is 8.29. The number of ketones is 1. The third-order valence-corrected chi connectivity index (χ3v) is 4.37. The third kappa shape index (κ3) is 3.78. The van der Waals surface area contributed by atoms with Gasteiger partial charge < -0.3 is 11.5 Å². The van der Waals surface area contributed by atoms with Crippen LogP contribution in [0, 0.1) is 10.8 Å². The molecule has 0 spiro atoms. The molecule has 2 aromatic carbocycles. The maximum Gasteiger partial charge on any atom is 0.185 e. The highest BCUT2D eigenvalue weighted by molar-refractivity contribution is 6.15. The molecular formula is C21H20N4O. The Kier molecular flexibility index (Phi) is 4.80. The molecule has 1 aliphatic rings. The van der Waals surface area contributed by atoms with E-state index in [-0.39, 0.29) is 17.5 Å². The number of nitrogens with two attached hydrogens (primary N) is 2. The molecule has 26 heavy (non-hydrogen) atoms. The van der Waals surface area contributed by atoms with E-state index in [1.54, 1.807) is 24.3 Å². The summed E-state index contributed by atoms with van der Waals surface area (Å²) in [6, 6.07) is 14.6. The lowest BCUT2D eigenvalue weighted by atomic mass is 10.0. The standard InChI is InChI=1S/C21H20N4O/c22-20(23)15-5-1-13(2-6-15)11-17-9-10-18(19(17)26)12-14-3-7-16(8-4-14)21(24)25/h1-8,11-12H,9-10H2,(H3,22,23)(H3,24,25)/b17-11-,18-12+. The Bertz CT molecular complexity index is 857. The Morgan fingerprint density at radius 3 is 1.38 bits per heavy atom. The van der Waals surface area contributed by atoms with E-state index >= 15 is 0 Å². The Balaban J connectivity index is 1.78. The van der Waals surface area contributed by atoms with Crippen LogP contribution in [-0.2, 0) is 4.79 Å². The normalized spacial score (nSPS) is 17.0. The Hall–Kier alpha value is -3.47. The summed E-state index contributed by atoms with van der Waals surface area (Å²) in [5, 5.41) is 14.8. The van der Waals surface area contributed by atoms with Crippen LogP contribution >= 0.6 is 0 Å². The number of hydrogen-bond acceptors (Lipinski definition) is 3. The first kappa shape index (κ1) is 17.4. The summed E-state index contributed by atoms with van der Waals surface area (Å²) in [5.74, 6) is 0.126. The molecule has 6 N–H and O–H groups in total. The zero-order chi connectivity index (χ0) is 18.7. The zero-order valence-corrected chi connectivity index (χ0v) is 14.3. The predicted molar refractivity (Wildman–Crippen MR) is 105 cm³/mol. The first-order valence-electron chi connectivity index (χ1n) is 8.29. The van der Waals surface area contributed by atoms with E-state index in [4.69, 9.17) is 22.3 Å². The van der Waals surface area contributed by atoms with Gasteiger partial charge in [-0.15, -0.1) is 0 Å². The van der Waals surface area contributed by atoms with Gasteiger partial charge in [0.25, 0.3) is 0 Å². The summed E-state index contributed by atoms with van der Waals surface area (Å²) in [5.41, 5.74) is 15.7. The van der Waals surface area contributed by atoms with Gasteiger partial charge in [0.2, 0.25) is 0 Å². The summed E-state index contributed by atoms with van der Waals surface area (Å²) in [6.45, 7) is 0. The molecule has 130 valence electrons. The lowest BCUT2D eigenvalue weighted by Crippen LogP contribution is -2.10. The van der Waals surface area contributed by atoms with Crippen molar-refractivity contribution in [1.82, 2.24) is 0 Å². The average Bonchev–Trinajstić information content (AvgIpc) is 2.96. The van der Waals surface area contributed by atoms with Crippen molar-refractivity contribution in [3.63, 3.8) is 0 Å². The van der Waals surface area contributed by atoms with Gasteiger partial charge >= 0.3 is 0 Å². The van der Waals surface area contributed by atoms with E-state index in [2.05, 4.69) is 0 Å². The topological polar surface area (TPSA) is 117 Å². The molecule has 0 amide bonds. The first-order chi connectivity index (χ1) is 12.4. The summed E-state index contributed by atoms with van der Waals surface area (Å²) in [4.78, 5) is 12.6. The quantitative estimate of drug-likeness (QED) is 0.388. The van der Waals surface area contributed by atoms with Crippen molar-refractivity contribution in [2.75, 3.05) is 0 Å². The van der Waals surface area contributed by atoms with Crippen LogP contribution in [0.3, 0.4) is 0 Å². The van der Waals surface area contributed by atoms with Crippen LogP contribution in [0.2, 0.25) is 0 Å². The highest BCUT2D eigenvalue weighted by Crippen LogP contribution is 2.29. The molecule has 0 bridgehead atoms. The molecule has 0 aliphatic heterocycles. The number of carbonyl (C=O) groups excluding carboxylic acids is 1. The zero-order valence-electron chi connectivity index (χ0n) is 14.3. The van der Waals surface area contributed by atoms with E-state index in [1.807, 2.05) is 36.4 Å². The summed E-state index contributed by atoms with van der Waals surface area (Å²) < 4.78 is 0. The fourth-order valence-corrected chi connectivity index (χ4v) is 2.90. The number of nitrogen functional groups attached to an aromatic ring is 2. The summed E-state index contributed by atoms with van der Waals surface area (Å²) >= 11 is 0. The minimum atomic E-state index is 0.0298. The second-order valence-corrected chi connectivity index (χ2v) is 6.24. The van der Waals surface area contributed by atoms with E-state index in [0.717, 1.165) is 22.3 Å². The van der Waals surface area contributed by atoms with Crippen molar-refractivity contribution in [2.24, 2.45) is 11.5 Å². The molecule has 5 nitrogen and oxygen atoms in total. The number of amidine groups is 2. The highest BCUT2D eigenvalue weighted by atomic mass is 16.1. The van der Waals surface area contributed by atoms with E-state index < -0.39 is 0 Å². The second kappa shape index (κ2) is 7.19.